The van der Waals surface area contributed by atoms with Crippen molar-refractivity contribution in [2.45, 2.75) is 32.3 Å². The van der Waals surface area contributed by atoms with Gasteiger partial charge in [0.05, 0.1) is 22.5 Å². The second-order valence-electron chi connectivity index (χ2n) is 4.95. The molecule has 0 fully saturated rings. The van der Waals surface area contributed by atoms with Crippen molar-refractivity contribution in [3.05, 3.63) is 51.8 Å². The molecule has 0 saturated heterocycles. The van der Waals surface area contributed by atoms with Crippen LogP contribution in [0.3, 0.4) is 0 Å². The number of aryl methyl sites for hydroxylation is 2. The zero-order chi connectivity index (χ0) is 15.6. The van der Waals surface area contributed by atoms with Crippen LogP contribution in [-0.4, -0.2) is 21.0 Å². The third kappa shape index (κ3) is 3.41. The third-order valence-electron chi connectivity index (χ3n) is 3.43. The van der Waals surface area contributed by atoms with E-state index in [-0.39, 0.29) is 18.4 Å². The van der Waals surface area contributed by atoms with E-state index in [1.54, 1.807) is 11.7 Å². The minimum Gasteiger partial charge on any atom is -0.392 e. The van der Waals surface area contributed by atoms with Crippen LogP contribution < -0.4 is 0 Å². The molecule has 1 N–H and O–H groups in total. The summed E-state index contributed by atoms with van der Waals surface area (Å²) in [5, 5.41) is 14.9. The van der Waals surface area contributed by atoms with E-state index < -0.39 is 17.7 Å². The van der Waals surface area contributed by atoms with Gasteiger partial charge in [0.25, 0.3) is 0 Å². The maximum atomic E-state index is 13.6. The molecule has 1 heterocycles. The fourth-order valence-electron chi connectivity index (χ4n) is 2.30. The van der Waals surface area contributed by atoms with E-state index >= 15 is 0 Å². The summed E-state index contributed by atoms with van der Waals surface area (Å²) in [6.45, 7) is 1.93. The van der Waals surface area contributed by atoms with Crippen LogP contribution in [0.4, 0.5) is 8.78 Å². The van der Waals surface area contributed by atoms with Gasteiger partial charge >= 0.3 is 0 Å². The first-order valence-corrected chi connectivity index (χ1v) is 7.13. The first-order chi connectivity index (χ1) is 9.93. The van der Waals surface area contributed by atoms with Crippen LogP contribution >= 0.6 is 11.6 Å². The first kappa shape index (κ1) is 15.9. The van der Waals surface area contributed by atoms with Gasteiger partial charge in [-0.25, -0.2) is 8.78 Å². The summed E-state index contributed by atoms with van der Waals surface area (Å²) >= 11 is 6.20. The van der Waals surface area contributed by atoms with E-state index in [4.69, 9.17) is 11.6 Å². The fraction of sp³-hybridized carbons (Fsp3) is 0.400. The molecule has 0 aliphatic rings. The van der Waals surface area contributed by atoms with E-state index in [2.05, 4.69) is 5.10 Å². The molecule has 1 aromatic heterocycles. The molecule has 114 valence electrons. The Labute approximate surface area is 127 Å². The molecular formula is C15H17ClF2N2O. The lowest BCUT2D eigenvalue weighted by Crippen LogP contribution is -2.18. The molecule has 6 heteroatoms. The molecule has 0 aliphatic heterocycles. The maximum absolute atomic E-state index is 13.6. The quantitative estimate of drug-likeness (QED) is 0.921. The van der Waals surface area contributed by atoms with Crippen LogP contribution in [0.5, 0.6) is 0 Å². The Morgan fingerprint density at radius 2 is 1.90 bits per heavy atom. The maximum Gasteiger partial charge on any atom is 0.129 e. The van der Waals surface area contributed by atoms with Gasteiger partial charge in [-0.05, 0) is 18.6 Å². The summed E-state index contributed by atoms with van der Waals surface area (Å²) < 4.78 is 28.7. The molecule has 1 unspecified atom stereocenters. The molecule has 0 aliphatic carbocycles. The summed E-state index contributed by atoms with van der Waals surface area (Å²) in [5.74, 6) is -1.31. The fourth-order valence-corrected chi connectivity index (χ4v) is 2.67. The summed E-state index contributed by atoms with van der Waals surface area (Å²) in [4.78, 5) is 0. The number of hydrogen-bond donors (Lipinski definition) is 1. The summed E-state index contributed by atoms with van der Waals surface area (Å²) in [7, 11) is 1.73. The number of aliphatic hydroxyl groups is 1. The van der Waals surface area contributed by atoms with Crippen molar-refractivity contribution in [2.75, 3.05) is 0 Å². The van der Waals surface area contributed by atoms with Crippen LogP contribution in [-0.2, 0) is 26.3 Å². The highest BCUT2D eigenvalue weighted by molar-refractivity contribution is 6.31. The Morgan fingerprint density at radius 3 is 2.43 bits per heavy atom. The molecule has 0 amide bonds. The Kier molecular flexibility index (Phi) is 4.96. The number of nitrogens with zero attached hydrogens (tertiary/aromatic N) is 2. The van der Waals surface area contributed by atoms with E-state index in [1.807, 2.05) is 6.92 Å². The average molecular weight is 315 g/mol. The summed E-state index contributed by atoms with van der Waals surface area (Å²) in [6.07, 6.45) is -0.170. The minimum atomic E-state index is -0.936. The summed E-state index contributed by atoms with van der Waals surface area (Å²) in [5.41, 5.74) is 1.30. The van der Waals surface area contributed by atoms with Crippen LogP contribution in [0, 0.1) is 11.6 Å². The number of hydrogen-bond acceptors (Lipinski definition) is 2. The van der Waals surface area contributed by atoms with Crippen molar-refractivity contribution >= 4 is 11.6 Å². The van der Waals surface area contributed by atoms with Gasteiger partial charge in [0.2, 0.25) is 0 Å². The van der Waals surface area contributed by atoms with Gasteiger partial charge in [0.1, 0.15) is 11.6 Å². The second-order valence-corrected chi connectivity index (χ2v) is 5.32. The highest BCUT2D eigenvalue weighted by atomic mass is 35.5. The second kappa shape index (κ2) is 6.54. The zero-order valence-corrected chi connectivity index (χ0v) is 12.7. The van der Waals surface area contributed by atoms with Gasteiger partial charge in [-0.1, -0.05) is 24.6 Å². The molecule has 0 bridgehead atoms. The van der Waals surface area contributed by atoms with E-state index in [0.717, 1.165) is 5.69 Å². The largest absolute Gasteiger partial charge is 0.392 e. The van der Waals surface area contributed by atoms with Gasteiger partial charge in [-0.15, -0.1) is 0 Å². The van der Waals surface area contributed by atoms with Gasteiger partial charge in [0.15, 0.2) is 0 Å². The standard InChI is InChI=1S/C15H17ClF2N2O/c1-3-13-15(16)14(20(2)19-13)8-9(21)7-10-11(17)5-4-6-12(10)18/h4-6,9,21H,3,7-8H2,1-2H3. The van der Waals surface area contributed by atoms with E-state index in [0.29, 0.717) is 17.1 Å². The van der Waals surface area contributed by atoms with E-state index in [9.17, 15) is 13.9 Å². The SMILES string of the molecule is CCc1nn(C)c(CC(O)Cc2c(F)cccc2F)c1Cl. The molecule has 0 spiro atoms. The smallest absolute Gasteiger partial charge is 0.129 e. The average Bonchev–Trinajstić information content (AvgIpc) is 2.70. The normalized spacial score (nSPS) is 12.7. The Morgan fingerprint density at radius 1 is 1.29 bits per heavy atom. The van der Waals surface area contributed by atoms with Crippen molar-refractivity contribution in [1.82, 2.24) is 9.78 Å². The highest BCUT2D eigenvalue weighted by Crippen LogP contribution is 2.23. The third-order valence-corrected chi connectivity index (χ3v) is 3.87. The van der Waals surface area contributed by atoms with Crippen molar-refractivity contribution in [2.24, 2.45) is 7.05 Å². The molecule has 0 radical (unpaired) electrons. The molecule has 21 heavy (non-hydrogen) atoms. The van der Waals surface area contributed by atoms with Crippen molar-refractivity contribution in [1.29, 1.82) is 0 Å². The zero-order valence-electron chi connectivity index (χ0n) is 11.9. The highest BCUT2D eigenvalue weighted by Gasteiger charge is 2.19. The predicted molar refractivity (Wildman–Crippen MR) is 77.4 cm³/mol. The number of benzene rings is 1. The van der Waals surface area contributed by atoms with Gasteiger partial charge < -0.3 is 5.11 Å². The monoisotopic (exact) mass is 314 g/mol. The number of aromatic nitrogens is 2. The molecule has 0 saturated carbocycles. The topological polar surface area (TPSA) is 38.0 Å². The van der Waals surface area contributed by atoms with Gasteiger partial charge in [-0.2, -0.15) is 5.10 Å². The molecule has 3 nitrogen and oxygen atoms in total. The Balaban J connectivity index is 2.16. The Hall–Kier alpha value is -1.46. The summed E-state index contributed by atoms with van der Waals surface area (Å²) in [6, 6.07) is 3.65. The van der Waals surface area contributed by atoms with Crippen molar-refractivity contribution < 1.29 is 13.9 Å². The number of aliphatic hydroxyl groups excluding tert-OH is 1. The van der Waals surface area contributed by atoms with Crippen LogP contribution in [0.15, 0.2) is 18.2 Å². The van der Waals surface area contributed by atoms with E-state index in [1.165, 1.54) is 18.2 Å². The first-order valence-electron chi connectivity index (χ1n) is 6.75. The predicted octanol–water partition coefficient (Wildman–Crippen LogP) is 3.06. The van der Waals surface area contributed by atoms with Crippen molar-refractivity contribution in [3.63, 3.8) is 0 Å². The molecular weight excluding hydrogens is 298 g/mol. The van der Waals surface area contributed by atoms with Crippen LogP contribution in [0.2, 0.25) is 5.02 Å². The number of halogens is 3. The lowest BCUT2D eigenvalue weighted by atomic mass is 10.0. The van der Waals surface area contributed by atoms with Crippen molar-refractivity contribution in [3.8, 4) is 0 Å². The Bertz CT molecular complexity index is 623. The molecule has 1 atom stereocenters. The number of rotatable bonds is 5. The van der Waals surface area contributed by atoms with Crippen LogP contribution in [0.1, 0.15) is 23.9 Å². The lowest BCUT2D eigenvalue weighted by molar-refractivity contribution is 0.170. The van der Waals surface area contributed by atoms with Crippen LogP contribution in [0.25, 0.3) is 0 Å². The molecule has 2 rings (SSSR count). The molecule has 1 aromatic carbocycles. The molecule has 2 aromatic rings. The van der Waals surface area contributed by atoms with Gasteiger partial charge in [-0.3, -0.25) is 4.68 Å². The van der Waals surface area contributed by atoms with Gasteiger partial charge in [0, 0.05) is 25.5 Å². The lowest BCUT2D eigenvalue weighted by Gasteiger charge is -2.12. The minimum absolute atomic E-state index is 0.110.